The highest BCUT2D eigenvalue weighted by Gasteiger charge is 2.00. The number of hydrogen-bond donors (Lipinski definition) is 1. The Hall–Kier alpha value is -0.670. The zero-order chi connectivity index (χ0) is 11.1. The van der Waals surface area contributed by atoms with Gasteiger partial charge in [0.25, 0.3) is 0 Å². The van der Waals surface area contributed by atoms with Crippen molar-refractivity contribution in [2.45, 2.75) is 18.6 Å². The Labute approximate surface area is 95.7 Å². The van der Waals surface area contributed by atoms with Crippen molar-refractivity contribution in [3.8, 4) is 5.75 Å². The van der Waals surface area contributed by atoms with Crippen LogP contribution in [-0.4, -0.2) is 29.8 Å². The number of thioether (sulfide) groups is 1. The molecule has 0 aliphatic carbocycles. The molecule has 0 saturated heterocycles. The number of aliphatic hydroxyl groups excluding tert-OH is 1. The average molecular weight is 226 g/mol. The van der Waals surface area contributed by atoms with Gasteiger partial charge < -0.3 is 9.84 Å². The predicted octanol–water partition coefficient (Wildman–Crippen LogP) is 2.35. The van der Waals surface area contributed by atoms with Gasteiger partial charge in [-0.1, -0.05) is 19.1 Å². The molecule has 2 nitrogen and oxygen atoms in total. The van der Waals surface area contributed by atoms with E-state index >= 15 is 0 Å². The molecule has 0 aliphatic rings. The van der Waals surface area contributed by atoms with E-state index in [9.17, 15) is 0 Å². The smallest absolute Gasteiger partial charge is 0.118 e. The van der Waals surface area contributed by atoms with Gasteiger partial charge in [0.05, 0.1) is 13.7 Å². The molecular formula is C12H18O2S. The summed E-state index contributed by atoms with van der Waals surface area (Å²) in [4.78, 5) is 0. The molecule has 1 unspecified atom stereocenters. The van der Waals surface area contributed by atoms with E-state index in [4.69, 9.17) is 9.84 Å². The fraction of sp³-hybridized carbons (Fsp3) is 0.500. The standard InChI is InChI=1S/C12H18O2S/c1-10(9-13)15-8-7-11-3-5-12(14-2)6-4-11/h3-6,10,13H,7-9H2,1-2H3. The molecule has 0 spiro atoms. The number of hydrogen-bond acceptors (Lipinski definition) is 3. The molecule has 84 valence electrons. The van der Waals surface area contributed by atoms with Crippen LogP contribution in [0, 0.1) is 0 Å². The summed E-state index contributed by atoms with van der Waals surface area (Å²) in [6.45, 7) is 2.30. The van der Waals surface area contributed by atoms with Crippen LogP contribution in [-0.2, 0) is 6.42 Å². The summed E-state index contributed by atoms with van der Waals surface area (Å²) in [5, 5.41) is 9.20. The molecule has 0 fully saturated rings. The summed E-state index contributed by atoms with van der Waals surface area (Å²) in [7, 11) is 1.67. The van der Waals surface area contributed by atoms with E-state index < -0.39 is 0 Å². The molecule has 0 heterocycles. The highest BCUT2D eigenvalue weighted by molar-refractivity contribution is 7.99. The van der Waals surface area contributed by atoms with Gasteiger partial charge in [-0.15, -0.1) is 0 Å². The number of rotatable bonds is 6. The van der Waals surface area contributed by atoms with Gasteiger partial charge in [-0.05, 0) is 29.9 Å². The molecule has 0 amide bonds. The van der Waals surface area contributed by atoms with Gasteiger partial charge in [-0.2, -0.15) is 11.8 Å². The molecule has 0 saturated carbocycles. The van der Waals surface area contributed by atoms with E-state index in [1.54, 1.807) is 18.9 Å². The summed E-state index contributed by atoms with van der Waals surface area (Å²) in [6.07, 6.45) is 1.04. The second-order valence-electron chi connectivity index (χ2n) is 3.46. The number of methoxy groups -OCH3 is 1. The lowest BCUT2D eigenvalue weighted by Gasteiger charge is -2.07. The monoisotopic (exact) mass is 226 g/mol. The van der Waals surface area contributed by atoms with Gasteiger partial charge in [-0.3, -0.25) is 0 Å². The molecule has 0 radical (unpaired) electrons. The van der Waals surface area contributed by atoms with Gasteiger partial charge in [-0.25, -0.2) is 0 Å². The molecule has 0 bridgehead atoms. The van der Waals surface area contributed by atoms with Crippen molar-refractivity contribution in [3.63, 3.8) is 0 Å². The lowest BCUT2D eigenvalue weighted by molar-refractivity contribution is 0.300. The minimum atomic E-state index is 0.257. The summed E-state index contributed by atoms with van der Waals surface area (Å²) in [6, 6.07) is 8.14. The van der Waals surface area contributed by atoms with Crippen LogP contribution >= 0.6 is 11.8 Å². The van der Waals surface area contributed by atoms with Crippen LogP contribution in [0.4, 0.5) is 0 Å². The molecule has 0 aromatic heterocycles. The Morgan fingerprint density at radius 3 is 2.53 bits per heavy atom. The second-order valence-corrected chi connectivity index (χ2v) is 5.01. The Balaban J connectivity index is 2.31. The predicted molar refractivity (Wildman–Crippen MR) is 65.7 cm³/mol. The SMILES string of the molecule is COc1ccc(CCSC(C)CO)cc1. The lowest BCUT2D eigenvalue weighted by Crippen LogP contribution is -2.04. The molecule has 1 aromatic rings. The zero-order valence-corrected chi connectivity index (χ0v) is 10.1. The normalized spacial score (nSPS) is 12.5. The van der Waals surface area contributed by atoms with Crippen molar-refractivity contribution in [2.24, 2.45) is 0 Å². The number of ether oxygens (including phenoxy) is 1. The molecular weight excluding hydrogens is 208 g/mol. The van der Waals surface area contributed by atoms with Gasteiger partial charge in [0, 0.05) is 5.25 Å². The number of benzene rings is 1. The summed E-state index contributed by atoms with van der Waals surface area (Å²) >= 11 is 1.80. The van der Waals surface area contributed by atoms with Gasteiger partial charge in [0.2, 0.25) is 0 Å². The highest BCUT2D eigenvalue weighted by atomic mass is 32.2. The number of aliphatic hydroxyl groups is 1. The highest BCUT2D eigenvalue weighted by Crippen LogP contribution is 2.15. The zero-order valence-electron chi connectivity index (χ0n) is 9.27. The first-order valence-electron chi connectivity index (χ1n) is 5.11. The molecule has 1 rings (SSSR count). The fourth-order valence-electron chi connectivity index (χ4n) is 1.22. The topological polar surface area (TPSA) is 29.5 Å². The van der Waals surface area contributed by atoms with E-state index in [1.807, 2.05) is 19.1 Å². The Kier molecular flexibility index (Phi) is 5.58. The van der Waals surface area contributed by atoms with Crippen LogP contribution in [0.2, 0.25) is 0 Å². The lowest BCUT2D eigenvalue weighted by atomic mass is 10.2. The van der Waals surface area contributed by atoms with E-state index in [-0.39, 0.29) is 6.61 Å². The Morgan fingerprint density at radius 2 is 2.00 bits per heavy atom. The largest absolute Gasteiger partial charge is 0.497 e. The van der Waals surface area contributed by atoms with Crippen molar-refractivity contribution in [3.05, 3.63) is 29.8 Å². The Morgan fingerprint density at radius 1 is 1.33 bits per heavy atom. The van der Waals surface area contributed by atoms with Crippen LogP contribution in [0.15, 0.2) is 24.3 Å². The maximum absolute atomic E-state index is 8.86. The van der Waals surface area contributed by atoms with Crippen LogP contribution in [0.3, 0.4) is 0 Å². The first-order valence-corrected chi connectivity index (χ1v) is 6.16. The van der Waals surface area contributed by atoms with E-state index in [2.05, 4.69) is 12.1 Å². The Bertz CT molecular complexity index is 271. The quantitative estimate of drug-likeness (QED) is 0.807. The van der Waals surface area contributed by atoms with Crippen molar-refractivity contribution in [1.82, 2.24) is 0 Å². The van der Waals surface area contributed by atoms with Gasteiger partial charge in [0.15, 0.2) is 0 Å². The molecule has 15 heavy (non-hydrogen) atoms. The van der Waals surface area contributed by atoms with Crippen LogP contribution < -0.4 is 4.74 Å². The molecule has 1 N–H and O–H groups in total. The van der Waals surface area contributed by atoms with Crippen molar-refractivity contribution in [2.75, 3.05) is 19.5 Å². The molecule has 1 atom stereocenters. The third-order valence-corrected chi connectivity index (χ3v) is 3.37. The van der Waals surface area contributed by atoms with Gasteiger partial charge in [0.1, 0.15) is 5.75 Å². The minimum absolute atomic E-state index is 0.257. The summed E-state index contributed by atoms with van der Waals surface area (Å²) < 4.78 is 5.09. The van der Waals surface area contributed by atoms with Crippen LogP contribution in [0.1, 0.15) is 12.5 Å². The molecule has 1 aromatic carbocycles. The maximum Gasteiger partial charge on any atom is 0.118 e. The van der Waals surface area contributed by atoms with E-state index in [1.165, 1.54) is 5.56 Å². The first-order chi connectivity index (χ1) is 7.26. The number of aryl methyl sites for hydroxylation is 1. The van der Waals surface area contributed by atoms with Crippen molar-refractivity contribution in [1.29, 1.82) is 0 Å². The minimum Gasteiger partial charge on any atom is -0.497 e. The summed E-state index contributed by atoms with van der Waals surface area (Å²) in [5.74, 6) is 1.95. The van der Waals surface area contributed by atoms with E-state index in [0.717, 1.165) is 17.9 Å². The maximum atomic E-state index is 8.86. The van der Waals surface area contributed by atoms with Crippen molar-refractivity contribution >= 4 is 11.8 Å². The molecule has 0 aliphatic heterocycles. The first kappa shape index (κ1) is 12.4. The van der Waals surface area contributed by atoms with Gasteiger partial charge >= 0.3 is 0 Å². The second kappa shape index (κ2) is 6.75. The molecule has 3 heteroatoms. The third kappa shape index (κ3) is 4.58. The van der Waals surface area contributed by atoms with Crippen LogP contribution in [0.25, 0.3) is 0 Å². The average Bonchev–Trinajstić information content (AvgIpc) is 2.29. The van der Waals surface area contributed by atoms with E-state index in [0.29, 0.717) is 5.25 Å². The third-order valence-electron chi connectivity index (χ3n) is 2.21. The van der Waals surface area contributed by atoms with Crippen LogP contribution in [0.5, 0.6) is 5.75 Å². The fourth-order valence-corrected chi connectivity index (χ4v) is 2.08. The van der Waals surface area contributed by atoms with Crippen molar-refractivity contribution < 1.29 is 9.84 Å². The summed E-state index contributed by atoms with van der Waals surface area (Å²) in [5.41, 5.74) is 1.31.